The van der Waals surface area contributed by atoms with Crippen LogP contribution in [0.5, 0.6) is 0 Å². The Morgan fingerprint density at radius 3 is 2.72 bits per heavy atom. The molecule has 1 unspecified atom stereocenters. The van der Waals surface area contributed by atoms with Crippen LogP contribution in [0.15, 0.2) is 33.5 Å². The van der Waals surface area contributed by atoms with Gasteiger partial charge in [0.25, 0.3) is 0 Å². The number of nitrogens with one attached hydrogen (secondary N) is 1. The maximum Gasteiger partial charge on any atom is 0.336 e. The highest BCUT2D eigenvalue weighted by Gasteiger charge is 2.26. The van der Waals surface area contributed by atoms with Crippen LogP contribution < -0.4 is 10.9 Å². The van der Waals surface area contributed by atoms with Gasteiger partial charge in [-0.25, -0.2) is 4.79 Å². The molecule has 25 heavy (non-hydrogen) atoms. The van der Waals surface area contributed by atoms with Gasteiger partial charge < -0.3 is 9.73 Å². The number of piperazine rings is 1. The van der Waals surface area contributed by atoms with Gasteiger partial charge in [-0.1, -0.05) is 12.1 Å². The zero-order valence-corrected chi connectivity index (χ0v) is 15.5. The van der Waals surface area contributed by atoms with E-state index in [1.54, 1.807) is 6.07 Å². The van der Waals surface area contributed by atoms with Crippen molar-refractivity contribution in [3.05, 3.63) is 45.8 Å². The van der Waals surface area contributed by atoms with Crippen LogP contribution in [-0.2, 0) is 6.54 Å². The molecule has 1 N–H and O–H groups in total. The SMILES string of the molecule is Cc1ccc2c(CN3CCN(C4CCNC4)CC3)cc(=O)oc2c1.Cl. The monoisotopic (exact) mass is 363 g/mol. The highest BCUT2D eigenvalue weighted by Crippen LogP contribution is 2.21. The quantitative estimate of drug-likeness (QED) is 0.845. The van der Waals surface area contributed by atoms with Crippen molar-refractivity contribution in [1.29, 1.82) is 0 Å². The molecule has 0 amide bonds. The summed E-state index contributed by atoms with van der Waals surface area (Å²) in [6.45, 7) is 9.47. The summed E-state index contributed by atoms with van der Waals surface area (Å²) in [4.78, 5) is 16.9. The molecule has 0 spiro atoms. The zero-order chi connectivity index (χ0) is 16.5. The van der Waals surface area contributed by atoms with Crippen molar-refractivity contribution < 1.29 is 4.42 Å². The van der Waals surface area contributed by atoms with E-state index in [1.165, 1.54) is 6.42 Å². The Kier molecular flexibility index (Phi) is 5.79. The minimum Gasteiger partial charge on any atom is -0.423 e. The number of hydrogen-bond donors (Lipinski definition) is 1. The van der Waals surface area contributed by atoms with Gasteiger partial charge in [0.2, 0.25) is 0 Å². The third-order valence-electron chi connectivity index (χ3n) is 5.34. The van der Waals surface area contributed by atoms with E-state index >= 15 is 0 Å². The van der Waals surface area contributed by atoms with Crippen LogP contribution in [0.2, 0.25) is 0 Å². The summed E-state index contributed by atoms with van der Waals surface area (Å²) in [5.74, 6) is 0. The summed E-state index contributed by atoms with van der Waals surface area (Å²) in [6, 6.07) is 8.47. The summed E-state index contributed by atoms with van der Waals surface area (Å²) in [7, 11) is 0. The minimum absolute atomic E-state index is 0. The number of fused-ring (bicyclic) bond motifs is 1. The summed E-state index contributed by atoms with van der Waals surface area (Å²) in [6.07, 6.45) is 1.27. The number of nitrogens with zero attached hydrogens (tertiary/aromatic N) is 2. The molecule has 0 bridgehead atoms. The molecule has 1 aromatic carbocycles. The Morgan fingerprint density at radius 2 is 2.00 bits per heavy atom. The first-order valence-corrected chi connectivity index (χ1v) is 8.89. The molecule has 5 nitrogen and oxygen atoms in total. The van der Waals surface area contributed by atoms with Crippen molar-refractivity contribution in [3.63, 3.8) is 0 Å². The number of halogens is 1. The van der Waals surface area contributed by atoms with Crippen molar-refractivity contribution in [2.24, 2.45) is 0 Å². The predicted octanol–water partition coefficient (Wildman–Crippen LogP) is 2.00. The van der Waals surface area contributed by atoms with E-state index in [0.29, 0.717) is 11.6 Å². The van der Waals surface area contributed by atoms with E-state index in [-0.39, 0.29) is 18.0 Å². The molecule has 1 aromatic heterocycles. The highest BCUT2D eigenvalue weighted by atomic mass is 35.5. The minimum atomic E-state index is -0.251. The lowest BCUT2D eigenvalue weighted by Crippen LogP contribution is -2.50. The lowest BCUT2D eigenvalue weighted by Gasteiger charge is -2.37. The Balaban J connectivity index is 0.00000182. The number of hydrogen-bond acceptors (Lipinski definition) is 5. The molecule has 4 rings (SSSR count). The number of benzene rings is 1. The zero-order valence-electron chi connectivity index (χ0n) is 14.7. The third kappa shape index (κ3) is 4.06. The molecule has 2 fully saturated rings. The summed E-state index contributed by atoms with van der Waals surface area (Å²) < 4.78 is 5.37. The van der Waals surface area contributed by atoms with Crippen molar-refractivity contribution >= 4 is 23.4 Å². The van der Waals surface area contributed by atoms with Gasteiger partial charge in [0.05, 0.1) is 0 Å². The van der Waals surface area contributed by atoms with Gasteiger partial charge in [0.15, 0.2) is 0 Å². The van der Waals surface area contributed by atoms with Crippen LogP contribution in [0.3, 0.4) is 0 Å². The van der Waals surface area contributed by atoms with Crippen molar-refractivity contribution in [3.8, 4) is 0 Å². The molecule has 0 saturated carbocycles. The molecule has 2 saturated heterocycles. The molecule has 3 heterocycles. The van der Waals surface area contributed by atoms with Crippen LogP contribution in [0.1, 0.15) is 17.5 Å². The van der Waals surface area contributed by atoms with E-state index in [2.05, 4.69) is 27.2 Å². The average molecular weight is 364 g/mol. The highest BCUT2D eigenvalue weighted by molar-refractivity contribution is 5.85. The fourth-order valence-electron chi connectivity index (χ4n) is 3.95. The second-order valence-corrected chi connectivity index (χ2v) is 7.05. The van der Waals surface area contributed by atoms with Gasteiger partial charge in [-0.15, -0.1) is 12.4 Å². The van der Waals surface area contributed by atoms with Crippen molar-refractivity contribution in [2.45, 2.75) is 25.9 Å². The summed E-state index contributed by atoms with van der Waals surface area (Å²) in [5, 5.41) is 4.51. The first kappa shape index (κ1) is 18.4. The largest absolute Gasteiger partial charge is 0.423 e. The third-order valence-corrected chi connectivity index (χ3v) is 5.34. The summed E-state index contributed by atoms with van der Waals surface area (Å²) in [5.41, 5.74) is 2.64. The van der Waals surface area contributed by atoms with E-state index in [9.17, 15) is 4.79 Å². The standard InChI is InChI=1S/C19H25N3O2.ClH/c1-14-2-3-17-15(11-19(23)24-18(17)10-14)13-21-6-8-22(9-7-21)16-4-5-20-12-16;/h2-3,10-11,16,20H,4-9,12-13H2,1H3;1H. The Labute approximate surface area is 154 Å². The maximum atomic E-state index is 11.9. The van der Waals surface area contributed by atoms with Gasteiger partial charge in [0.1, 0.15) is 5.58 Å². The second-order valence-electron chi connectivity index (χ2n) is 7.05. The smallest absolute Gasteiger partial charge is 0.336 e. The number of rotatable bonds is 3. The molecule has 2 aliphatic rings. The van der Waals surface area contributed by atoms with Gasteiger partial charge in [-0.05, 0) is 37.1 Å². The molecule has 0 radical (unpaired) electrons. The average Bonchev–Trinajstić information content (AvgIpc) is 3.09. The van der Waals surface area contributed by atoms with Crippen LogP contribution in [0.25, 0.3) is 11.0 Å². The molecule has 2 aliphatic heterocycles. The Hall–Kier alpha value is -1.40. The van der Waals surface area contributed by atoms with Gasteiger partial charge in [-0.3, -0.25) is 9.80 Å². The lowest BCUT2D eigenvalue weighted by atomic mass is 10.1. The fraction of sp³-hybridized carbons (Fsp3) is 0.526. The first-order chi connectivity index (χ1) is 11.7. The van der Waals surface area contributed by atoms with Crippen LogP contribution in [0, 0.1) is 6.92 Å². The number of aryl methyl sites for hydroxylation is 1. The second kappa shape index (κ2) is 7.87. The Bertz CT molecular complexity index is 778. The summed E-state index contributed by atoms with van der Waals surface area (Å²) >= 11 is 0. The Morgan fingerprint density at radius 1 is 1.20 bits per heavy atom. The van der Waals surface area contributed by atoms with E-state index in [4.69, 9.17) is 4.42 Å². The molecule has 136 valence electrons. The van der Waals surface area contributed by atoms with Crippen molar-refractivity contribution in [1.82, 2.24) is 15.1 Å². The van der Waals surface area contributed by atoms with Crippen LogP contribution in [-0.4, -0.2) is 55.1 Å². The van der Waals surface area contributed by atoms with Crippen molar-refractivity contribution in [2.75, 3.05) is 39.3 Å². The molecule has 0 aliphatic carbocycles. The molecular weight excluding hydrogens is 338 g/mol. The van der Waals surface area contributed by atoms with Gasteiger partial charge in [0, 0.05) is 56.8 Å². The van der Waals surface area contributed by atoms with Gasteiger partial charge >= 0.3 is 5.63 Å². The van der Waals surface area contributed by atoms with Gasteiger partial charge in [-0.2, -0.15) is 0 Å². The van der Waals surface area contributed by atoms with E-state index in [0.717, 1.165) is 62.3 Å². The van der Waals surface area contributed by atoms with E-state index < -0.39 is 0 Å². The van der Waals surface area contributed by atoms with Crippen LogP contribution >= 0.6 is 12.4 Å². The molecule has 1 atom stereocenters. The predicted molar refractivity (Wildman–Crippen MR) is 103 cm³/mol. The normalized spacial score (nSPS) is 22.2. The maximum absolute atomic E-state index is 11.9. The molecular formula is C19H26ClN3O2. The fourth-order valence-corrected chi connectivity index (χ4v) is 3.95. The van der Waals surface area contributed by atoms with Crippen LogP contribution in [0.4, 0.5) is 0 Å². The van der Waals surface area contributed by atoms with E-state index in [1.807, 2.05) is 13.0 Å². The molecule has 6 heteroatoms. The molecule has 2 aromatic rings. The first-order valence-electron chi connectivity index (χ1n) is 8.89. The lowest BCUT2D eigenvalue weighted by molar-refractivity contribution is 0.0983. The topological polar surface area (TPSA) is 48.7 Å².